The number of nitrogens with one attached hydrogen (secondary N) is 9. The van der Waals surface area contributed by atoms with E-state index in [-0.39, 0.29) is 106 Å². The quantitative estimate of drug-likeness (QED) is 0.0438. The third-order valence-electron chi connectivity index (χ3n) is 22.1. The number of aliphatic hydroxyl groups excluding tert-OH is 1. The number of thioether (sulfide) groups is 2. The summed E-state index contributed by atoms with van der Waals surface area (Å²) in [6, 6.07) is -17.4. The number of carboxylic acid groups (broad SMARTS) is 3. The number of fused-ring (bicyclic) bond motifs is 9. The number of nitrogens with zero attached hydrogens (tertiary/aromatic N) is 3. The molecule has 0 unspecified atom stereocenters. The van der Waals surface area contributed by atoms with Gasteiger partial charge in [0.25, 0.3) is 0 Å². The average Bonchev–Trinajstić information content (AvgIpc) is 1.66. The summed E-state index contributed by atoms with van der Waals surface area (Å²) in [5.41, 5.74) is 4.95. The summed E-state index contributed by atoms with van der Waals surface area (Å²) in [6.45, 7) is 5.97. The number of ketones is 1. The van der Waals surface area contributed by atoms with Gasteiger partial charge >= 0.3 is 17.9 Å². The molecule has 6 aliphatic rings. The molecule has 13 amide bonds. The predicted molar refractivity (Wildman–Crippen MR) is 423 cm³/mol. The Hall–Kier alpha value is -8.19. The zero-order valence-electron chi connectivity index (χ0n) is 67.2. The molecule has 0 aromatic rings. The summed E-state index contributed by atoms with van der Waals surface area (Å²) in [6.07, 6.45) is 10.8. The van der Waals surface area contributed by atoms with Gasteiger partial charge in [-0.1, -0.05) is 111 Å². The lowest BCUT2D eigenvalue weighted by molar-refractivity contribution is -0.149. The Morgan fingerprint density at radius 1 is 0.539 bits per heavy atom. The van der Waals surface area contributed by atoms with Crippen LogP contribution in [0.25, 0.3) is 0 Å². The highest BCUT2D eigenvalue weighted by molar-refractivity contribution is 8.00. The van der Waals surface area contributed by atoms with E-state index in [1.807, 2.05) is 13.8 Å². The number of Topliss-reactive ketones (excluding diaryl/α,β-unsaturated/α-hetero) is 1. The van der Waals surface area contributed by atoms with Crippen LogP contribution in [0.1, 0.15) is 233 Å². The zero-order valence-corrected chi connectivity index (χ0v) is 68.8. The second kappa shape index (κ2) is 49.1. The van der Waals surface area contributed by atoms with Crippen molar-refractivity contribution in [3.63, 3.8) is 0 Å². The van der Waals surface area contributed by atoms with Crippen LogP contribution in [-0.2, 0) is 86.2 Å². The fraction of sp³-hybridized carbons (Fsp3) is 0.782. The summed E-state index contributed by atoms with van der Waals surface area (Å²) in [5.74, 6) is -19.2. The predicted octanol–water partition coefficient (Wildman–Crippen LogP) is 1.59. The van der Waals surface area contributed by atoms with Crippen molar-refractivity contribution in [2.75, 3.05) is 62.4 Å². The molecule has 37 heteroatoms. The number of aliphatic hydroxyl groups is 1. The summed E-state index contributed by atoms with van der Waals surface area (Å²) in [7, 11) is 0. The van der Waals surface area contributed by atoms with E-state index in [0.717, 1.165) is 55.7 Å². The van der Waals surface area contributed by atoms with Gasteiger partial charge in [0, 0.05) is 88.4 Å². The summed E-state index contributed by atoms with van der Waals surface area (Å²) in [4.78, 5) is 245. The van der Waals surface area contributed by atoms with E-state index in [0.29, 0.717) is 25.7 Å². The number of carbonyl (C=O) groups excluding carboxylic acids is 14. The smallest absolute Gasteiger partial charge is 0.305 e. The first-order chi connectivity index (χ1) is 54.8. The molecule has 6 heterocycles. The van der Waals surface area contributed by atoms with Gasteiger partial charge in [-0.2, -0.15) is 23.5 Å². The van der Waals surface area contributed by atoms with Gasteiger partial charge in [0.2, 0.25) is 76.8 Å². The van der Waals surface area contributed by atoms with Gasteiger partial charge in [-0.15, -0.1) is 0 Å². The molecule has 0 aromatic carbocycles. The minimum absolute atomic E-state index is 0.0298. The Morgan fingerprint density at radius 2 is 1.03 bits per heavy atom. The number of hydrogen-bond donors (Lipinski definition) is 14. The van der Waals surface area contributed by atoms with Crippen LogP contribution >= 0.6 is 23.5 Å². The molecular formula is C78H125N13O22S2. The highest BCUT2D eigenvalue weighted by Gasteiger charge is 2.49. The normalized spacial score (nSPS) is 26.9. The second-order valence-electron chi connectivity index (χ2n) is 32.1. The number of unbranched alkanes of at least 4 members (excludes halogenated alkanes) is 14. The van der Waals surface area contributed by atoms with Crippen LogP contribution in [0.15, 0.2) is 0 Å². The lowest BCUT2D eigenvalue weighted by Crippen LogP contribution is -2.61. The van der Waals surface area contributed by atoms with Gasteiger partial charge in [0.1, 0.15) is 54.4 Å². The van der Waals surface area contributed by atoms with E-state index in [4.69, 9.17) is 10.5 Å². The number of ether oxygens (including phenoxy) is 1. The van der Waals surface area contributed by atoms with Crippen molar-refractivity contribution >= 4 is 124 Å². The Kier molecular flexibility index (Phi) is 40.9. The molecule has 646 valence electrons. The van der Waals surface area contributed by atoms with Gasteiger partial charge in [-0.25, -0.2) is 0 Å². The van der Waals surface area contributed by atoms with Crippen molar-refractivity contribution in [2.45, 2.75) is 306 Å². The topological polar surface area (TPSA) is 524 Å². The van der Waals surface area contributed by atoms with E-state index >= 15 is 28.8 Å². The van der Waals surface area contributed by atoms with E-state index < -0.39 is 236 Å². The van der Waals surface area contributed by atoms with Gasteiger partial charge in [-0.05, 0) is 107 Å². The number of aliphatic carboxylic acids is 3. The molecule has 6 fully saturated rings. The molecule has 0 saturated carbocycles. The number of hydrogen-bond acceptors (Lipinski definition) is 21. The Balaban J connectivity index is 1.43. The van der Waals surface area contributed by atoms with Crippen LogP contribution in [0.5, 0.6) is 0 Å². The standard InChI is InChI=1S/C78H125N13O22S2/c1-5-6-7-8-9-10-11-12-13-14-15-16-17-18-19-24-62(95)81-50-39-59-73(108)84-52(25-28-61(79)94)69(104)87-56-44-115-46-78(31-35-113-36-32-78)45-114-43-55(60(93)38-49(37-47(2)3)75(110)90-34-21-23-58(90)77(112)91(59)42-50)86-68(103)51(26-29-64(97)98)82-63(96)41-80-74(109)67(48(4)92)88-70(105)53(27-30-65(99)100)83-72(107)57-22-20-33-89(57)76(111)54(40-66(101)102)85-71(56)106/h47-59,67,92H,5-46H2,1-4H3,(H2,79,94)(H,80,109)(H,81,95)(H,82,96)(H,83,107)(H,84,108)(H,85,106)(H,86,103)(H,87,104)(H,88,105)(H,97,98)(H,99,100)(H,101,102)/t48-,49-,50+,51+,52+,53+,54+,55+,56+,57+,58-,59+,67+/m1/s1. The first-order valence-electron chi connectivity index (χ1n) is 41.3. The maximum Gasteiger partial charge on any atom is 0.305 e. The van der Waals surface area contributed by atoms with Crippen LogP contribution in [0.2, 0.25) is 0 Å². The summed E-state index contributed by atoms with van der Waals surface area (Å²) >= 11 is 2.34. The van der Waals surface area contributed by atoms with E-state index in [9.17, 15) is 73.2 Å². The van der Waals surface area contributed by atoms with Gasteiger partial charge in [-0.3, -0.25) is 81.5 Å². The lowest BCUT2D eigenvalue weighted by atomic mass is 9.84. The molecule has 1 spiro atoms. The van der Waals surface area contributed by atoms with Crippen molar-refractivity contribution in [3.05, 3.63) is 0 Å². The number of nitrogens with two attached hydrogens (primary N) is 1. The molecule has 2 bridgehead atoms. The molecule has 6 rings (SSSR count). The number of carbonyl (C=O) groups is 17. The Morgan fingerprint density at radius 3 is 1.57 bits per heavy atom. The molecule has 15 N–H and O–H groups in total. The van der Waals surface area contributed by atoms with Gasteiger partial charge < -0.3 is 93.4 Å². The number of carboxylic acids is 3. The van der Waals surface area contributed by atoms with E-state index in [2.05, 4.69) is 54.8 Å². The Bertz CT molecular complexity index is 3360. The molecule has 0 aliphatic carbocycles. The Labute approximate surface area is 681 Å². The first kappa shape index (κ1) is 95.7. The minimum atomic E-state index is -1.99. The second-order valence-corrected chi connectivity index (χ2v) is 34.1. The van der Waals surface area contributed by atoms with Crippen LogP contribution < -0.4 is 53.6 Å². The summed E-state index contributed by atoms with van der Waals surface area (Å²) < 4.78 is 5.83. The molecule has 115 heavy (non-hydrogen) atoms. The van der Waals surface area contributed by atoms with Crippen molar-refractivity contribution in [1.82, 2.24) is 62.6 Å². The highest BCUT2D eigenvalue weighted by atomic mass is 32.2. The van der Waals surface area contributed by atoms with Crippen molar-refractivity contribution in [2.24, 2.45) is 23.0 Å². The molecule has 13 atom stereocenters. The summed E-state index contributed by atoms with van der Waals surface area (Å²) in [5, 5.41) is 63.7. The maximum absolute atomic E-state index is 15.5. The van der Waals surface area contributed by atoms with Crippen molar-refractivity contribution in [1.29, 1.82) is 0 Å². The van der Waals surface area contributed by atoms with E-state index in [1.165, 1.54) is 79.3 Å². The van der Waals surface area contributed by atoms with E-state index in [1.54, 1.807) is 0 Å². The molecule has 35 nitrogen and oxygen atoms in total. The molecular weight excluding hydrogens is 1540 g/mol. The van der Waals surface area contributed by atoms with Crippen molar-refractivity contribution < 1.29 is 107 Å². The number of amides is 13. The van der Waals surface area contributed by atoms with Crippen LogP contribution in [0, 0.1) is 17.3 Å². The molecule has 0 radical (unpaired) electrons. The maximum atomic E-state index is 15.5. The number of rotatable bonds is 31. The third-order valence-corrected chi connectivity index (χ3v) is 24.9. The first-order valence-corrected chi connectivity index (χ1v) is 43.6. The molecule has 6 aliphatic heterocycles. The number of primary amides is 1. The third kappa shape index (κ3) is 32.0. The largest absolute Gasteiger partial charge is 0.481 e. The molecule has 0 aromatic heterocycles. The average molecular weight is 1660 g/mol. The zero-order chi connectivity index (χ0) is 84.3. The van der Waals surface area contributed by atoms with Crippen molar-refractivity contribution in [3.8, 4) is 0 Å². The van der Waals surface area contributed by atoms with Gasteiger partial charge in [0.15, 0.2) is 5.78 Å². The van der Waals surface area contributed by atoms with Crippen LogP contribution in [0.4, 0.5) is 0 Å². The molecule has 6 saturated heterocycles. The SMILES string of the molecule is CCCCCCCCCCCCCCCCCC(=O)N[C@H]1C[C@H]2C(=O)N[C@@H](CCC(N)=O)C(=O)N[C@H]3CSCC4(CCOCC4)CSC[C@H](NC(=O)[C@H](CCC(=O)O)NC(=O)CNC(=O)[C@H]([C@@H](C)O)NC(=O)[C@H](CCC(=O)O)NC(=O)[C@@H]4CCCN4C(=O)[C@H](CC(=O)O)NC3=O)C(=O)C[C@@H](CC(C)C)C(=O)N3CCC[C@@H]3C(=O)N2C1. The monoisotopic (exact) mass is 1660 g/mol. The fourth-order valence-electron chi connectivity index (χ4n) is 15.7. The minimum Gasteiger partial charge on any atom is -0.481 e. The van der Waals surface area contributed by atoms with Gasteiger partial charge in [0.05, 0.1) is 25.1 Å². The fourth-order valence-corrected chi connectivity index (χ4v) is 18.7. The lowest BCUT2D eigenvalue weighted by Gasteiger charge is -2.37. The van der Waals surface area contributed by atoms with Crippen LogP contribution in [0.3, 0.4) is 0 Å². The highest BCUT2D eigenvalue weighted by Crippen LogP contribution is 2.39. The van der Waals surface area contributed by atoms with Crippen LogP contribution in [-0.4, -0.2) is 271 Å².